The van der Waals surface area contributed by atoms with Crippen molar-refractivity contribution in [2.75, 3.05) is 5.32 Å². The summed E-state index contributed by atoms with van der Waals surface area (Å²) in [6, 6.07) is 12.5. The van der Waals surface area contributed by atoms with Gasteiger partial charge in [-0.25, -0.2) is 0 Å². The van der Waals surface area contributed by atoms with Gasteiger partial charge in [0.25, 0.3) is 0 Å². The van der Waals surface area contributed by atoms with Crippen molar-refractivity contribution in [1.82, 2.24) is 4.98 Å². The third-order valence-corrected chi connectivity index (χ3v) is 4.14. The lowest BCUT2D eigenvalue weighted by molar-refractivity contribution is 0.793. The van der Waals surface area contributed by atoms with Gasteiger partial charge in [-0.1, -0.05) is 18.2 Å². The number of anilines is 1. The standard InChI is InChI=1S/C17H15N3S/c1-12(8-13-6-7-21-11-13)20-17-14(9-18)10-19-16-5-3-2-4-15(16)17/h2-7,10-12H,8H2,1H3,(H,19,20). The van der Waals surface area contributed by atoms with Crippen molar-refractivity contribution in [2.24, 2.45) is 0 Å². The number of aromatic nitrogens is 1. The summed E-state index contributed by atoms with van der Waals surface area (Å²) < 4.78 is 0. The number of hydrogen-bond acceptors (Lipinski definition) is 4. The molecule has 0 saturated heterocycles. The molecule has 0 spiro atoms. The number of pyridine rings is 1. The molecule has 1 unspecified atom stereocenters. The van der Waals surface area contributed by atoms with Crippen LogP contribution in [0.3, 0.4) is 0 Å². The number of rotatable bonds is 4. The second-order valence-corrected chi connectivity index (χ2v) is 5.84. The molecule has 21 heavy (non-hydrogen) atoms. The fourth-order valence-electron chi connectivity index (χ4n) is 2.44. The summed E-state index contributed by atoms with van der Waals surface area (Å²) in [6.45, 7) is 2.13. The predicted octanol–water partition coefficient (Wildman–Crippen LogP) is 4.21. The van der Waals surface area contributed by atoms with E-state index in [1.165, 1.54) is 5.56 Å². The van der Waals surface area contributed by atoms with Gasteiger partial charge in [-0.3, -0.25) is 4.98 Å². The summed E-state index contributed by atoms with van der Waals surface area (Å²) >= 11 is 1.71. The average Bonchev–Trinajstić information content (AvgIpc) is 3.00. The Morgan fingerprint density at radius 3 is 2.95 bits per heavy atom. The monoisotopic (exact) mass is 293 g/mol. The molecule has 0 radical (unpaired) electrons. The van der Waals surface area contributed by atoms with Crippen molar-refractivity contribution < 1.29 is 0 Å². The number of nitriles is 1. The van der Waals surface area contributed by atoms with E-state index < -0.39 is 0 Å². The molecule has 0 amide bonds. The average molecular weight is 293 g/mol. The molecule has 0 bridgehead atoms. The van der Waals surface area contributed by atoms with Gasteiger partial charge in [0.2, 0.25) is 0 Å². The summed E-state index contributed by atoms with van der Waals surface area (Å²) in [5.74, 6) is 0. The van der Waals surface area contributed by atoms with Crippen LogP contribution >= 0.6 is 11.3 Å². The Morgan fingerprint density at radius 1 is 1.33 bits per heavy atom. The van der Waals surface area contributed by atoms with E-state index in [4.69, 9.17) is 0 Å². The van der Waals surface area contributed by atoms with Gasteiger partial charge >= 0.3 is 0 Å². The molecule has 3 aromatic rings. The zero-order valence-corrected chi connectivity index (χ0v) is 12.5. The van der Waals surface area contributed by atoms with Crippen LogP contribution in [0.4, 0.5) is 5.69 Å². The Bertz CT molecular complexity index is 787. The van der Waals surface area contributed by atoms with Crippen LogP contribution in [0.15, 0.2) is 47.3 Å². The van der Waals surface area contributed by atoms with Crippen LogP contribution < -0.4 is 5.32 Å². The summed E-state index contributed by atoms with van der Waals surface area (Å²) in [5, 5.41) is 18.0. The van der Waals surface area contributed by atoms with Gasteiger partial charge in [0.15, 0.2) is 0 Å². The van der Waals surface area contributed by atoms with Crippen LogP contribution in [0.25, 0.3) is 10.9 Å². The maximum absolute atomic E-state index is 9.32. The molecule has 0 aliphatic rings. The molecule has 0 aliphatic carbocycles. The molecule has 1 aromatic carbocycles. The largest absolute Gasteiger partial charge is 0.381 e. The third-order valence-electron chi connectivity index (χ3n) is 3.41. The van der Waals surface area contributed by atoms with Crippen molar-refractivity contribution in [3.8, 4) is 6.07 Å². The van der Waals surface area contributed by atoms with E-state index in [0.29, 0.717) is 5.56 Å². The molecule has 3 nitrogen and oxygen atoms in total. The second kappa shape index (κ2) is 5.94. The van der Waals surface area contributed by atoms with E-state index in [-0.39, 0.29) is 6.04 Å². The molecule has 2 aromatic heterocycles. The summed E-state index contributed by atoms with van der Waals surface area (Å²) in [7, 11) is 0. The maximum Gasteiger partial charge on any atom is 0.103 e. The van der Waals surface area contributed by atoms with E-state index in [1.807, 2.05) is 24.3 Å². The number of para-hydroxylation sites is 1. The lowest BCUT2D eigenvalue weighted by Gasteiger charge is -2.17. The minimum absolute atomic E-state index is 0.248. The van der Waals surface area contributed by atoms with Gasteiger partial charge in [-0.15, -0.1) is 0 Å². The molecule has 2 heterocycles. The van der Waals surface area contributed by atoms with Gasteiger partial charge < -0.3 is 5.32 Å². The highest BCUT2D eigenvalue weighted by Gasteiger charge is 2.11. The normalized spacial score (nSPS) is 12.0. The highest BCUT2D eigenvalue weighted by molar-refractivity contribution is 7.07. The van der Waals surface area contributed by atoms with Gasteiger partial charge in [0.05, 0.1) is 16.8 Å². The summed E-state index contributed by atoms with van der Waals surface area (Å²) in [5.41, 5.74) is 3.69. The van der Waals surface area contributed by atoms with E-state index in [2.05, 4.69) is 40.1 Å². The van der Waals surface area contributed by atoms with Gasteiger partial charge in [0, 0.05) is 17.6 Å². The van der Waals surface area contributed by atoms with Crippen molar-refractivity contribution in [3.05, 3.63) is 58.4 Å². The van der Waals surface area contributed by atoms with Crippen LogP contribution in [0, 0.1) is 11.3 Å². The van der Waals surface area contributed by atoms with Crippen LogP contribution in [-0.2, 0) is 6.42 Å². The third kappa shape index (κ3) is 2.88. The Hall–Kier alpha value is -2.38. The number of nitrogens with zero attached hydrogens (tertiary/aromatic N) is 2. The minimum atomic E-state index is 0.248. The van der Waals surface area contributed by atoms with Gasteiger partial charge in [-0.05, 0) is 41.8 Å². The second-order valence-electron chi connectivity index (χ2n) is 5.06. The first-order valence-electron chi connectivity index (χ1n) is 6.83. The first kappa shape index (κ1) is 13.6. The van der Waals surface area contributed by atoms with E-state index >= 15 is 0 Å². The van der Waals surface area contributed by atoms with E-state index in [1.54, 1.807) is 17.5 Å². The molecule has 0 saturated carbocycles. The molecule has 4 heteroatoms. The smallest absolute Gasteiger partial charge is 0.103 e. The first-order chi connectivity index (χ1) is 10.3. The molecule has 104 valence electrons. The molecule has 0 fully saturated rings. The van der Waals surface area contributed by atoms with Gasteiger partial charge in [-0.2, -0.15) is 16.6 Å². The fraction of sp³-hybridized carbons (Fsp3) is 0.176. The van der Waals surface area contributed by atoms with Crippen LogP contribution in [0.5, 0.6) is 0 Å². The number of thiophene rings is 1. The number of fused-ring (bicyclic) bond motifs is 1. The molecule has 0 aliphatic heterocycles. The first-order valence-corrected chi connectivity index (χ1v) is 7.77. The van der Waals surface area contributed by atoms with Crippen molar-refractivity contribution >= 4 is 27.9 Å². The zero-order chi connectivity index (χ0) is 14.7. The molecule has 1 atom stereocenters. The van der Waals surface area contributed by atoms with Crippen molar-refractivity contribution in [2.45, 2.75) is 19.4 Å². The highest BCUT2D eigenvalue weighted by Crippen LogP contribution is 2.26. The Morgan fingerprint density at radius 2 is 2.19 bits per heavy atom. The molecule has 3 rings (SSSR count). The zero-order valence-electron chi connectivity index (χ0n) is 11.7. The summed E-state index contributed by atoms with van der Waals surface area (Å²) in [6.07, 6.45) is 2.58. The highest BCUT2D eigenvalue weighted by atomic mass is 32.1. The quantitative estimate of drug-likeness (QED) is 0.784. The lowest BCUT2D eigenvalue weighted by Crippen LogP contribution is -2.18. The molecule has 1 N–H and O–H groups in total. The number of nitrogens with one attached hydrogen (secondary N) is 1. The summed E-state index contributed by atoms with van der Waals surface area (Å²) in [4.78, 5) is 4.33. The van der Waals surface area contributed by atoms with Crippen LogP contribution in [0.1, 0.15) is 18.1 Å². The van der Waals surface area contributed by atoms with Gasteiger partial charge in [0.1, 0.15) is 6.07 Å². The Balaban J connectivity index is 1.93. The van der Waals surface area contributed by atoms with Crippen molar-refractivity contribution in [3.63, 3.8) is 0 Å². The molecular formula is C17H15N3S. The maximum atomic E-state index is 9.32. The predicted molar refractivity (Wildman–Crippen MR) is 87.6 cm³/mol. The number of benzene rings is 1. The molecular weight excluding hydrogens is 278 g/mol. The van der Waals surface area contributed by atoms with Crippen LogP contribution in [0.2, 0.25) is 0 Å². The van der Waals surface area contributed by atoms with Crippen molar-refractivity contribution in [1.29, 1.82) is 5.26 Å². The Labute approximate surface area is 127 Å². The van der Waals surface area contributed by atoms with E-state index in [9.17, 15) is 5.26 Å². The SMILES string of the molecule is CC(Cc1ccsc1)Nc1c(C#N)cnc2ccccc12. The Kier molecular flexibility index (Phi) is 3.85. The minimum Gasteiger partial charge on any atom is -0.381 e. The van der Waals surface area contributed by atoms with Crippen LogP contribution in [-0.4, -0.2) is 11.0 Å². The topological polar surface area (TPSA) is 48.7 Å². The van der Waals surface area contributed by atoms with E-state index in [0.717, 1.165) is 23.0 Å². The fourth-order valence-corrected chi connectivity index (χ4v) is 3.12. The lowest BCUT2D eigenvalue weighted by atomic mass is 10.1. The number of hydrogen-bond donors (Lipinski definition) is 1.